The van der Waals surface area contributed by atoms with Crippen LogP contribution in [-0.4, -0.2) is 42.8 Å². The monoisotopic (exact) mass is 303 g/mol. The van der Waals surface area contributed by atoms with Crippen molar-refractivity contribution in [3.63, 3.8) is 0 Å². The van der Waals surface area contributed by atoms with Crippen LogP contribution in [0.4, 0.5) is 4.79 Å². The molecule has 0 saturated carbocycles. The van der Waals surface area contributed by atoms with Gasteiger partial charge in [0.1, 0.15) is 5.60 Å². The number of carbonyl (C=O) groups excluding carboxylic acids is 2. The van der Waals surface area contributed by atoms with E-state index in [1.165, 1.54) is 7.11 Å². The Bertz CT molecular complexity index is 341. The Kier molecular flexibility index (Phi) is 6.65. The number of carbonyl (C=O) groups is 2. The van der Waals surface area contributed by atoms with Crippen LogP contribution < -0.4 is 5.32 Å². The van der Waals surface area contributed by atoms with Crippen molar-refractivity contribution in [1.29, 1.82) is 0 Å². The fourth-order valence-corrected chi connectivity index (χ4v) is 3.31. The first kappa shape index (κ1) is 17.1. The lowest BCUT2D eigenvalue weighted by Crippen LogP contribution is -2.38. The summed E-state index contributed by atoms with van der Waals surface area (Å²) in [6.07, 6.45) is 1.27. The molecule has 116 valence electrons. The first-order valence-corrected chi connectivity index (χ1v) is 8.11. The lowest BCUT2D eigenvalue weighted by atomic mass is 9.88. The third kappa shape index (κ3) is 6.03. The Hall–Kier alpha value is -0.910. The van der Waals surface area contributed by atoms with Crippen molar-refractivity contribution in [2.24, 2.45) is 11.8 Å². The maximum Gasteiger partial charge on any atom is 0.407 e. The second-order valence-corrected chi connectivity index (χ2v) is 7.19. The summed E-state index contributed by atoms with van der Waals surface area (Å²) < 4.78 is 10.1. The summed E-state index contributed by atoms with van der Waals surface area (Å²) in [5, 5.41) is 2.77. The number of esters is 1. The molecule has 1 fully saturated rings. The van der Waals surface area contributed by atoms with Gasteiger partial charge in [-0.05, 0) is 51.0 Å². The topological polar surface area (TPSA) is 64.6 Å². The zero-order valence-corrected chi connectivity index (χ0v) is 13.5. The van der Waals surface area contributed by atoms with Crippen molar-refractivity contribution in [2.75, 3.05) is 25.2 Å². The third-order valence-electron chi connectivity index (χ3n) is 3.19. The largest absolute Gasteiger partial charge is 0.469 e. The average molecular weight is 303 g/mol. The molecule has 0 spiro atoms. The Balaban J connectivity index is 2.53. The van der Waals surface area contributed by atoms with Crippen LogP contribution in [0.15, 0.2) is 0 Å². The van der Waals surface area contributed by atoms with Crippen molar-refractivity contribution < 1.29 is 19.1 Å². The number of hydrogen-bond donors (Lipinski definition) is 1. The van der Waals surface area contributed by atoms with Gasteiger partial charge in [-0.15, -0.1) is 0 Å². The second kappa shape index (κ2) is 7.76. The van der Waals surface area contributed by atoms with Gasteiger partial charge in [-0.3, -0.25) is 4.79 Å². The van der Waals surface area contributed by atoms with Crippen LogP contribution in [0.2, 0.25) is 0 Å². The second-order valence-electron chi connectivity index (χ2n) is 5.96. The Morgan fingerprint density at radius 1 is 1.25 bits per heavy atom. The van der Waals surface area contributed by atoms with Crippen molar-refractivity contribution in [1.82, 2.24) is 5.32 Å². The molecule has 0 aromatic carbocycles. The smallest absolute Gasteiger partial charge is 0.407 e. The lowest BCUT2D eigenvalue weighted by molar-refractivity contribution is -0.147. The van der Waals surface area contributed by atoms with Crippen molar-refractivity contribution in [3.05, 3.63) is 0 Å². The lowest BCUT2D eigenvalue weighted by Gasteiger charge is -2.24. The van der Waals surface area contributed by atoms with Crippen molar-refractivity contribution in [3.8, 4) is 0 Å². The van der Waals surface area contributed by atoms with Gasteiger partial charge in [0.25, 0.3) is 0 Å². The number of nitrogens with one attached hydrogen (secondary N) is 1. The van der Waals surface area contributed by atoms with Gasteiger partial charge >= 0.3 is 12.1 Å². The molecule has 0 aromatic rings. The SMILES string of the molecule is COC(=O)C1CCSCCC1CNC(=O)OC(C)(C)C. The zero-order chi connectivity index (χ0) is 15.2. The van der Waals surface area contributed by atoms with E-state index in [-0.39, 0.29) is 17.8 Å². The molecule has 0 aromatic heterocycles. The van der Waals surface area contributed by atoms with E-state index in [4.69, 9.17) is 9.47 Å². The van der Waals surface area contributed by atoms with Crippen LogP contribution in [0, 0.1) is 11.8 Å². The van der Waals surface area contributed by atoms with Crippen LogP contribution >= 0.6 is 11.8 Å². The maximum atomic E-state index is 11.8. The summed E-state index contributed by atoms with van der Waals surface area (Å²) in [5.41, 5.74) is -0.509. The normalized spacial score (nSPS) is 23.6. The van der Waals surface area contributed by atoms with E-state index in [9.17, 15) is 9.59 Å². The highest BCUT2D eigenvalue weighted by Gasteiger charge is 2.31. The molecular formula is C14H25NO4S. The van der Waals surface area contributed by atoms with Gasteiger partial charge in [0, 0.05) is 6.54 Å². The quantitative estimate of drug-likeness (QED) is 0.811. The fraction of sp³-hybridized carbons (Fsp3) is 0.857. The fourth-order valence-electron chi connectivity index (χ4n) is 2.22. The highest BCUT2D eigenvalue weighted by Crippen LogP contribution is 2.28. The molecular weight excluding hydrogens is 278 g/mol. The van der Waals surface area contributed by atoms with E-state index in [0.717, 1.165) is 24.3 Å². The summed E-state index contributed by atoms with van der Waals surface area (Å²) in [6, 6.07) is 0. The maximum absolute atomic E-state index is 11.8. The van der Waals surface area contributed by atoms with Gasteiger partial charge in [0.05, 0.1) is 13.0 Å². The highest BCUT2D eigenvalue weighted by molar-refractivity contribution is 7.99. The summed E-state index contributed by atoms with van der Waals surface area (Å²) in [4.78, 5) is 23.5. The molecule has 2 unspecified atom stereocenters. The molecule has 20 heavy (non-hydrogen) atoms. The molecule has 1 saturated heterocycles. The number of hydrogen-bond acceptors (Lipinski definition) is 5. The van der Waals surface area contributed by atoms with Crippen LogP contribution in [0.1, 0.15) is 33.6 Å². The van der Waals surface area contributed by atoms with E-state index in [1.54, 1.807) is 0 Å². The molecule has 6 heteroatoms. The molecule has 0 radical (unpaired) electrons. The number of rotatable bonds is 3. The zero-order valence-electron chi connectivity index (χ0n) is 12.7. The average Bonchev–Trinajstić information content (AvgIpc) is 2.58. The minimum Gasteiger partial charge on any atom is -0.469 e. The molecule has 0 bridgehead atoms. The third-order valence-corrected chi connectivity index (χ3v) is 4.24. The van der Waals surface area contributed by atoms with Crippen LogP contribution in [0.3, 0.4) is 0 Å². The van der Waals surface area contributed by atoms with Crippen molar-refractivity contribution >= 4 is 23.8 Å². The predicted molar refractivity (Wildman–Crippen MR) is 79.8 cm³/mol. The Labute approximate surface area is 125 Å². The van der Waals surface area contributed by atoms with E-state index in [0.29, 0.717) is 6.54 Å². The van der Waals surface area contributed by atoms with Crippen LogP contribution in [-0.2, 0) is 14.3 Å². The summed E-state index contributed by atoms with van der Waals surface area (Å²) in [5.74, 6) is 1.77. The summed E-state index contributed by atoms with van der Waals surface area (Å²) in [7, 11) is 1.42. The molecule has 1 rings (SSSR count). The number of thioether (sulfide) groups is 1. The molecule has 1 heterocycles. The van der Waals surface area contributed by atoms with E-state index >= 15 is 0 Å². The molecule has 1 N–H and O–H groups in total. The van der Waals surface area contributed by atoms with Gasteiger partial charge in [-0.2, -0.15) is 11.8 Å². The molecule has 0 aliphatic carbocycles. The van der Waals surface area contributed by atoms with Gasteiger partial charge < -0.3 is 14.8 Å². The molecule has 1 amide bonds. The van der Waals surface area contributed by atoms with Gasteiger partial charge in [0.2, 0.25) is 0 Å². The minimum absolute atomic E-state index is 0.116. The van der Waals surface area contributed by atoms with Gasteiger partial charge in [-0.1, -0.05) is 0 Å². The van der Waals surface area contributed by atoms with Crippen LogP contribution in [0.25, 0.3) is 0 Å². The van der Waals surface area contributed by atoms with E-state index in [1.807, 2.05) is 32.5 Å². The van der Waals surface area contributed by atoms with E-state index < -0.39 is 11.7 Å². The molecule has 1 aliphatic rings. The van der Waals surface area contributed by atoms with Crippen LogP contribution in [0.5, 0.6) is 0 Å². The first-order valence-electron chi connectivity index (χ1n) is 6.96. The summed E-state index contributed by atoms with van der Waals surface area (Å²) >= 11 is 1.84. The number of methoxy groups -OCH3 is 1. The van der Waals surface area contributed by atoms with Crippen molar-refractivity contribution in [2.45, 2.75) is 39.2 Å². The molecule has 5 nitrogen and oxygen atoms in total. The number of alkyl carbamates (subject to hydrolysis) is 1. The minimum atomic E-state index is -0.509. The number of amides is 1. The summed E-state index contributed by atoms with van der Waals surface area (Å²) in [6.45, 7) is 5.93. The Morgan fingerprint density at radius 2 is 1.90 bits per heavy atom. The first-order chi connectivity index (χ1) is 9.33. The van der Waals surface area contributed by atoms with Gasteiger partial charge in [0.15, 0.2) is 0 Å². The van der Waals surface area contributed by atoms with E-state index in [2.05, 4.69) is 5.32 Å². The highest BCUT2D eigenvalue weighted by atomic mass is 32.2. The Morgan fingerprint density at radius 3 is 2.50 bits per heavy atom. The number of ether oxygens (including phenoxy) is 2. The molecule has 2 atom stereocenters. The predicted octanol–water partition coefficient (Wildman–Crippen LogP) is 2.44. The van der Waals surface area contributed by atoms with Gasteiger partial charge in [-0.25, -0.2) is 4.79 Å². The molecule has 1 aliphatic heterocycles. The standard InChI is InChI=1S/C14H25NO4S/c1-14(2,3)19-13(17)15-9-10-5-7-20-8-6-11(10)12(16)18-4/h10-11H,5-9H2,1-4H3,(H,15,17).